The molecule has 0 N–H and O–H groups in total. The second kappa shape index (κ2) is 13.8. The van der Waals surface area contributed by atoms with Gasteiger partial charge in [-0.05, 0) is 82.6 Å². The van der Waals surface area contributed by atoms with Crippen LogP contribution in [-0.4, -0.2) is 19.5 Å². The smallest absolute Gasteiger partial charge is 0.164 e. The Balaban J connectivity index is 1.10. The molecule has 0 aliphatic carbocycles. The molecule has 0 atom stereocenters. The summed E-state index contributed by atoms with van der Waals surface area (Å²) in [5, 5.41) is 4.86. The number of rotatable bonds is 5. The lowest BCUT2D eigenvalue weighted by atomic mass is 9.94. The maximum atomic E-state index is 5.02. The zero-order valence-corrected chi connectivity index (χ0v) is 32.4. The van der Waals surface area contributed by atoms with Crippen molar-refractivity contribution in [2.75, 3.05) is 4.90 Å². The van der Waals surface area contributed by atoms with Gasteiger partial charge in [-0.25, -0.2) is 15.0 Å². The van der Waals surface area contributed by atoms with Crippen LogP contribution in [-0.2, 0) is 0 Å². The molecule has 60 heavy (non-hydrogen) atoms. The standard InChI is InChI=1S/C55H35N5/c1-4-17-37(18-5-1)53-56-54(38-19-6-2-7-20-38)58-55(57-53)39-28-31-41(32-29-39)60-49-33-30-36-16-10-11-23-42(36)52(49)47-35-50-46(34-51(47)60)44-25-13-12-24-43(44)45-26-14-15-27-48(45)59(50)40-21-8-3-9-22-40/h1-35H. The summed E-state index contributed by atoms with van der Waals surface area (Å²) in [7, 11) is 0. The molecule has 0 fully saturated rings. The minimum atomic E-state index is 0.630. The van der Waals surface area contributed by atoms with Crippen LogP contribution in [0.25, 0.3) is 94.7 Å². The van der Waals surface area contributed by atoms with Crippen LogP contribution in [0, 0.1) is 0 Å². The molecule has 0 saturated carbocycles. The van der Waals surface area contributed by atoms with Crippen molar-refractivity contribution < 1.29 is 0 Å². The molecule has 0 bridgehead atoms. The van der Waals surface area contributed by atoms with Gasteiger partial charge >= 0.3 is 0 Å². The van der Waals surface area contributed by atoms with Gasteiger partial charge in [0.2, 0.25) is 0 Å². The number of para-hydroxylation sites is 2. The van der Waals surface area contributed by atoms with Crippen LogP contribution in [0.3, 0.4) is 0 Å². The zero-order chi connectivity index (χ0) is 39.6. The predicted octanol–water partition coefficient (Wildman–Crippen LogP) is 14.2. The van der Waals surface area contributed by atoms with Crippen molar-refractivity contribution in [2.24, 2.45) is 0 Å². The summed E-state index contributed by atoms with van der Waals surface area (Å²) in [6.07, 6.45) is 0. The lowest BCUT2D eigenvalue weighted by molar-refractivity contribution is 1.07. The highest BCUT2D eigenvalue weighted by molar-refractivity contribution is 6.23. The highest BCUT2D eigenvalue weighted by atomic mass is 15.2. The van der Waals surface area contributed by atoms with Gasteiger partial charge in [-0.15, -0.1) is 0 Å². The van der Waals surface area contributed by atoms with E-state index in [1.54, 1.807) is 0 Å². The summed E-state index contributed by atoms with van der Waals surface area (Å²) in [4.78, 5) is 17.4. The van der Waals surface area contributed by atoms with E-state index in [1.165, 1.54) is 43.8 Å². The Kier molecular flexibility index (Phi) is 7.78. The van der Waals surface area contributed by atoms with Crippen LogP contribution in [0.5, 0.6) is 0 Å². The summed E-state index contributed by atoms with van der Waals surface area (Å²) >= 11 is 0. The Bertz CT molecular complexity index is 3350. The molecule has 0 unspecified atom stereocenters. The lowest BCUT2D eigenvalue weighted by Gasteiger charge is -2.27. The molecule has 3 heterocycles. The zero-order valence-electron chi connectivity index (χ0n) is 32.4. The van der Waals surface area contributed by atoms with Gasteiger partial charge in [-0.2, -0.15) is 0 Å². The van der Waals surface area contributed by atoms with E-state index in [4.69, 9.17) is 15.0 Å². The van der Waals surface area contributed by atoms with E-state index in [0.29, 0.717) is 17.5 Å². The quantitative estimate of drug-likeness (QED) is 0.175. The molecule has 9 aromatic carbocycles. The fourth-order valence-electron chi connectivity index (χ4n) is 9.03. The topological polar surface area (TPSA) is 46.8 Å². The van der Waals surface area contributed by atoms with E-state index in [2.05, 4.69) is 161 Å². The van der Waals surface area contributed by atoms with Crippen LogP contribution in [0.2, 0.25) is 0 Å². The molecule has 0 radical (unpaired) electrons. The Morgan fingerprint density at radius 3 is 1.52 bits per heavy atom. The summed E-state index contributed by atoms with van der Waals surface area (Å²) in [6, 6.07) is 75.4. The first-order valence-electron chi connectivity index (χ1n) is 20.3. The Labute approximate surface area is 347 Å². The first-order valence-corrected chi connectivity index (χ1v) is 20.3. The normalized spacial score (nSPS) is 12.0. The fraction of sp³-hybridized carbons (Fsp3) is 0. The van der Waals surface area contributed by atoms with Gasteiger partial charge < -0.3 is 9.47 Å². The average molecular weight is 766 g/mol. The Hall–Kier alpha value is -8.15. The minimum Gasteiger partial charge on any atom is -0.309 e. The van der Waals surface area contributed by atoms with E-state index in [9.17, 15) is 0 Å². The Morgan fingerprint density at radius 2 is 0.850 bits per heavy atom. The summed E-state index contributed by atoms with van der Waals surface area (Å²) < 4.78 is 2.42. The van der Waals surface area contributed by atoms with E-state index in [-0.39, 0.29) is 0 Å². The molecule has 1 aliphatic rings. The third kappa shape index (κ3) is 5.44. The van der Waals surface area contributed by atoms with Crippen molar-refractivity contribution >= 4 is 49.6 Å². The van der Waals surface area contributed by atoms with Gasteiger partial charge in [0.15, 0.2) is 17.5 Å². The van der Waals surface area contributed by atoms with E-state index >= 15 is 0 Å². The van der Waals surface area contributed by atoms with Crippen LogP contribution in [0.1, 0.15) is 0 Å². The highest BCUT2D eigenvalue weighted by Crippen LogP contribution is 2.53. The number of hydrogen-bond donors (Lipinski definition) is 0. The fourth-order valence-corrected chi connectivity index (χ4v) is 9.03. The monoisotopic (exact) mass is 765 g/mol. The molecule has 12 rings (SSSR count). The third-order valence-electron chi connectivity index (χ3n) is 11.8. The van der Waals surface area contributed by atoms with E-state index < -0.39 is 0 Å². The maximum Gasteiger partial charge on any atom is 0.164 e. The second-order valence-electron chi connectivity index (χ2n) is 15.2. The van der Waals surface area contributed by atoms with E-state index in [1.807, 2.05) is 60.7 Å². The first kappa shape index (κ1) is 33.9. The van der Waals surface area contributed by atoms with Gasteiger partial charge in [0.05, 0.1) is 22.4 Å². The molecule has 0 amide bonds. The maximum absolute atomic E-state index is 5.02. The van der Waals surface area contributed by atoms with Gasteiger partial charge in [0, 0.05) is 50.0 Å². The van der Waals surface area contributed by atoms with Crippen LogP contribution >= 0.6 is 0 Å². The van der Waals surface area contributed by atoms with Crippen molar-refractivity contribution in [1.29, 1.82) is 0 Å². The first-order chi connectivity index (χ1) is 29.8. The summed E-state index contributed by atoms with van der Waals surface area (Å²) in [5.41, 5.74) is 14.4. The van der Waals surface area contributed by atoms with Crippen molar-refractivity contribution in [2.45, 2.75) is 0 Å². The third-order valence-corrected chi connectivity index (χ3v) is 11.8. The molecule has 11 aromatic rings. The van der Waals surface area contributed by atoms with E-state index in [0.717, 1.165) is 50.5 Å². The molecule has 5 heteroatoms. The lowest BCUT2D eigenvalue weighted by Crippen LogP contribution is -2.10. The summed E-state index contributed by atoms with van der Waals surface area (Å²) in [6.45, 7) is 0. The van der Waals surface area contributed by atoms with Gasteiger partial charge in [0.25, 0.3) is 0 Å². The van der Waals surface area contributed by atoms with Gasteiger partial charge in [0.1, 0.15) is 0 Å². The molecule has 2 aromatic heterocycles. The number of fused-ring (bicyclic) bond motifs is 10. The number of benzene rings is 9. The van der Waals surface area contributed by atoms with Gasteiger partial charge in [-0.1, -0.05) is 152 Å². The molecule has 280 valence electrons. The summed E-state index contributed by atoms with van der Waals surface area (Å²) in [5.74, 6) is 1.92. The van der Waals surface area contributed by atoms with Crippen molar-refractivity contribution in [3.8, 4) is 62.1 Å². The second-order valence-corrected chi connectivity index (χ2v) is 15.2. The molecule has 0 spiro atoms. The van der Waals surface area contributed by atoms with Crippen molar-refractivity contribution in [3.05, 3.63) is 212 Å². The number of aromatic nitrogens is 4. The molecular weight excluding hydrogens is 731 g/mol. The van der Waals surface area contributed by atoms with Crippen LogP contribution in [0.4, 0.5) is 17.1 Å². The predicted molar refractivity (Wildman–Crippen MR) is 247 cm³/mol. The molecule has 0 saturated heterocycles. The van der Waals surface area contributed by atoms with Crippen molar-refractivity contribution in [1.82, 2.24) is 19.5 Å². The van der Waals surface area contributed by atoms with Gasteiger partial charge in [-0.3, -0.25) is 0 Å². The average Bonchev–Trinajstić information content (AvgIpc) is 3.60. The van der Waals surface area contributed by atoms with Crippen LogP contribution < -0.4 is 4.90 Å². The SMILES string of the molecule is c1ccc(-c2nc(-c3ccccc3)nc(-c3ccc(-n4c5cc6c(cc5c5c7ccccc7ccc54)N(c4ccccc4)c4ccccc4-c4ccccc4-6)cc3)n2)cc1. The number of hydrogen-bond acceptors (Lipinski definition) is 4. The largest absolute Gasteiger partial charge is 0.309 e. The molecular formula is C55H35N5. The van der Waals surface area contributed by atoms with Crippen LogP contribution in [0.15, 0.2) is 212 Å². The molecule has 5 nitrogen and oxygen atoms in total. The van der Waals surface area contributed by atoms with Crippen molar-refractivity contribution in [3.63, 3.8) is 0 Å². The number of anilines is 3. The highest BCUT2D eigenvalue weighted by Gasteiger charge is 2.28. The minimum absolute atomic E-state index is 0.630. The number of nitrogens with zero attached hydrogens (tertiary/aromatic N) is 5. The Morgan fingerprint density at radius 1 is 0.317 bits per heavy atom. The molecule has 1 aliphatic heterocycles.